The fraction of sp³-hybridized carbons (Fsp3) is 0.562. The molecule has 2 rings (SSSR count). The van der Waals surface area contributed by atoms with E-state index in [9.17, 15) is 23.1 Å². The predicted molar refractivity (Wildman–Crippen MR) is 79.7 cm³/mol. The van der Waals surface area contributed by atoms with Gasteiger partial charge in [0, 0.05) is 26.2 Å². The molecule has 1 aromatic rings. The van der Waals surface area contributed by atoms with Crippen LogP contribution in [0.4, 0.5) is 13.2 Å². The Morgan fingerprint density at radius 1 is 1.43 bits per heavy atom. The minimum atomic E-state index is -4.41. The zero-order chi connectivity index (χ0) is 17.2. The number of carbonyl (C=O) groups is 1. The molecule has 1 aliphatic heterocycles. The molecule has 1 aliphatic rings. The predicted octanol–water partition coefficient (Wildman–Crippen LogP) is 2.29. The van der Waals surface area contributed by atoms with Crippen molar-refractivity contribution in [1.29, 1.82) is 0 Å². The van der Waals surface area contributed by atoms with Crippen molar-refractivity contribution in [3.8, 4) is 0 Å². The number of amides is 1. The molecule has 1 heterocycles. The molecule has 0 radical (unpaired) electrons. The molecule has 0 unspecified atom stereocenters. The molecular weight excluding hydrogens is 309 g/mol. The minimum absolute atomic E-state index is 0.0856. The van der Waals surface area contributed by atoms with Gasteiger partial charge in [-0.3, -0.25) is 9.69 Å². The van der Waals surface area contributed by atoms with Gasteiger partial charge >= 0.3 is 6.18 Å². The molecule has 0 aliphatic carbocycles. The molecule has 1 N–H and O–H groups in total. The highest BCUT2D eigenvalue weighted by Crippen LogP contribution is 2.36. The Balaban J connectivity index is 2.21. The van der Waals surface area contributed by atoms with E-state index in [1.165, 1.54) is 6.07 Å². The van der Waals surface area contributed by atoms with E-state index in [0.29, 0.717) is 18.5 Å². The molecule has 0 aromatic heterocycles. The van der Waals surface area contributed by atoms with Crippen molar-refractivity contribution in [1.82, 2.24) is 9.80 Å². The number of benzene rings is 1. The van der Waals surface area contributed by atoms with Crippen LogP contribution in [-0.2, 0) is 11.0 Å². The van der Waals surface area contributed by atoms with Gasteiger partial charge in [0.15, 0.2) is 0 Å². The number of likely N-dealkylation sites (N-methyl/N-ethyl adjacent to an activating group) is 1. The second kappa shape index (κ2) is 6.88. The second-order valence-corrected chi connectivity index (χ2v) is 5.87. The smallest absolute Gasteiger partial charge is 0.392 e. The Bertz CT molecular complexity index is 563. The van der Waals surface area contributed by atoms with E-state index in [-0.39, 0.29) is 25.0 Å². The van der Waals surface area contributed by atoms with E-state index in [4.69, 9.17) is 0 Å². The van der Waals surface area contributed by atoms with Gasteiger partial charge < -0.3 is 10.0 Å². The van der Waals surface area contributed by atoms with Gasteiger partial charge in [-0.1, -0.05) is 12.1 Å². The molecule has 23 heavy (non-hydrogen) atoms. The first-order chi connectivity index (χ1) is 10.7. The Hall–Kier alpha value is -1.60. The van der Waals surface area contributed by atoms with Crippen LogP contribution in [0.1, 0.15) is 30.5 Å². The van der Waals surface area contributed by atoms with E-state index in [1.807, 2.05) is 6.92 Å². The monoisotopic (exact) mass is 330 g/mol. The maximum Gasteiger partial charge on any atom is 0.416 e. The van der Waals surface area contributed by atoms with Gasteiger partial charge in [-0.05, 0) is 31.0 Å². The third-order valence-electron chi connectivity index (χ3n) is 4.22. The maximum atomic E-state index is 12.9. The van der Waals surface area contributed by atoms with Crippen molar-refractivity contribution < 1.29 is 23.1 Å². The summed E-state index contributed by atoms with van der Waals surface area (Å²) in [6, 6.07) is 4.71. The highest BCUT2D eigenvalue weighted by atomic mass is 19.4. The van der Waals surface area contributed by atoms with Crippen LogP contribution in [0.15, 0.2) is 24.3 Å². The van der Waals surface area contributed by atoms with Crippen LogP contribution in [0.25, 0.3) is 0 Å². The van der Waals surface area contributed by atoms with E-state index >= 15 is 0 Å². The van der Waals surface area contributed by atoms with Crippen molar-refractivity contribution >= 4 is 5.91 Å². The molecule has 1 amide bonds. The summed E-state index contributed by atoms with van der Waals surface area (Å²) >= 11 is 0. The van der Waals surface area contributed by atoms with Gasteiger partial charge in [0.2, 0.25) is 5.91 Å². The number of aliphatic hydroxyl groups is 1. The van der Waals surface area contributed by atoms with E-state index < -0.39 is 17.8 Å². The first kappa shape index (κ1) is 17.7. The van der Waals surface area contributed by atoms with Crippen molar-refractivity contribution in [2.24, 2.45) is 0 Å². The largest absolute Gasteiger partial charge is 0.416 e. The highest BCUT2D eigenvalue weighted by molar-refractivity contribution is 5.78. The van der Waals surface area contributed by atoms with Gasteiger partial charge in [-0.2, -0.15) is 13.2 Å². The Labute approximate surface area is 133 Å². The molecule has 1 saturated heterocycles. The number of rotatable bonds is 4. The first-order valence-electron chi connectivity index (χ1n) is 7.55. The standard InChI is InChI=1S/C16H21F3N2O2/c1-3-20(2)15(23)10-21-9-13(22)8-14(21)11-5-4-6-12(7-11)16(17,18)19/h4-7,13-14,22H,3,8-10H2,1-2H3/t13-,14-/m1/s1. The number of aliphatic hydroxyl groups excluding tert-OH is 1. The zero-order valence-electron chi connectivity index (χ0n) is 13.2. The summed E-state index contributed by atoms with van der Waals surface area (Å²) in [6.45, 7) is 2.77. The van der Waals surface area contributed by atoms with Crippen molar-refractivity contribution in [2.45, 2.75) is 31.7 Å². The average molecular weight is 330 g/mol. The maximum absolute atomic E-state index is 12.9. The molecule has 0 spiro atoms. The van der Waals surface area contributed by atoms with Crippen LogP contribution in [0.2, 0.25) is 0 Å². The lowest BCUT2D eigenvalue weighted by Crippen LogP contribution is -2.38. The number of hydrogen-bond donors (Lipinski definition) is 1. The highest BCUT2D eigenvalue weighted by Gasteiger charge is 2.36. The molecule has 0 saturated carbocycles. The van der Waals surface area contributed by atoms with Crippen molar-refractivity contribution in [3.05, 3.63) is 35.4 Å². The van der Waals surface area contributed by atoms with Gasteiger partial charge in [0.05, 0.1) is 18.2 Å². The lowest BCUT2D eigenvalue weighted by atomic mass is 10.0. The van der Waals surface area contributed by atoms with E-state index in [1.54, 1.807) is 22.9 Å². The third-order valence-corrected chi connectivity index (χ3v) is 4.22. The minimum Gasteiger partial charge on any atom is -0.392 e. The summed E-state index contributed by atoms with van der Waals surface area (Å²) in [6.07, 6.45) is -4.73. The second-order valence-electron chi connectivity index (χ2n) is 5.87. The molecule has 2 atom stereocenters. The van der Waals surface area contributed by atoms with Gasteiger partial charge in [0.25, 0.3) is 0 Å². The fourth-order valence-electron chi connectivity index (χ4n) is 2.79. The number of hydrogen-bond acceptors (Lipinski definition) is 3. The summed E-state index contributed by atoms with van der Waals surface area (Å²) in [5.74, 6) is -0.112. The van der Waals surface area contributed by atoms with Crippen molar-refractivity contribution in [2.75, 3.05) is 26.7 Å². The number of β-amino-alcohol motifs (C(OH)–C–C–N with tert-alkyl or cyclic N) is 1. The third kappa shape index (κ3) is 4.23. The number of carbonyl (C=O) groups excluding carboxylic acids is 1. The van der Waals surface area contributed by atoms with Crippen LogP contribution in [0.5, 0.6) is 0 Å². The van der Waals surface area contributed by atoms with Crippen LogP contribution >= 0.6 is 0 Å². The van der Waals surface area contributed by atoms with Gasteiger partial charge in [-0.25, -0.2) is 0 Å². The number of likely N-dealkylation sites (tertiary alicyclic amines) is 1. The number of nitrogens with zero attached hydrogens (tertiary/aromatic N) is 2. The Kier molecular flexibility index (Phi) is 5.31. The van der Waals surface area contributed by atoms with Crippen molar-refractivity contribution in [3.63, 3.8) is 0 Å². The van der Waals surface area contributed by atoms with Crippen LogP contribution in [0.3, 0.4) is 0 Å². The molecule has 7 heteroatoms. The molecular formula is C16H21F3N2O2. The van der Waals surface area contributed by atoms with Gasteiger partial charge in [0.1, 0.15) is 0 Å². The lowest BCUT2D eigenvalue weighted by Gasteiger charge is -2.26. The summed E-state index contributed by atoms with van der Waals surface area (Å²) in [4.78, 5) is 15.4. The normalized spacial score (nSPS) is 22.3. The fourth-order valence-corrected chi connectivity index (χ4v) is 2.79. The number of alkyl halides is 3. The van der Waals surface area contributed by atoms with Crippen LogP contribution in [-0.4, -0.2) is 53.6 Å². The Morgan fingerprint density at radius 2 is 2.13 bits per heavy atom. The topological polar surface area (TPSA) is 43.8 Å². The summed E-state index contributed by atoms with van der Waals surface area (Å²) in [5.41, 5.74) is -0.239. The van der Waals surface area contributed by atoms with Crippen LogP contribution < -0.4 is 0 Å². The molecule has 1 fully saturated rings. The Morgan fingerprint density at radius 3 is 2.74 bits per heavy atom. The zero-order valence-corrected chi connectivity index (χ0v) is 13.2. The number of halogens is 3. The van der Waals surface area contributed by atoms with E-state index in [0.717, 1.165) is 12.1 Å². The summed E-state index contributed by atoms with van der Waals surface area (Å²) in [5, 5.41) is 9.88. The molecule has 4 nitrogen and oxygen atoms in total. The van der Waals surface area contributed by atoms with Gasteiger partial charge in [-0.15, -0.1) is 0 Å². The van der Waals surface area contributed by atoms with E-state index in [2.05, 4.69) is 0 Å². The average Bonchev–Trinajstić information content (AvgIpc) is 2.86. The SMILES string of the molecule is CCN(C)C(=O)CN1C[C@H](O)C[C@@H]1c1cccc(C(F)(F)F)c1. The first-order valence-corrected chi connectivity index (χ1v) is 7.55. The quantitative estimate of drug-likeness (QED) is 0.921. The molecule has 1 aromatic carbocycles. The lowest BCUT2D eigenvalue weighted by molar-refractivity contribution is -0.137. The summed E-state index contributed by atoms with van der Waals surface area (Å²) < 4.78 is 38.6. The summed E-state index contributed by atoms with van der Waals surface area (Å²) in [7, 11) is 1.67. The molecule has 0 bridgehead atoms. The molecule has 128 valence electrons. The van der Waals surface area contributed by atoms with Crippen LogP contribution in [0, 0.1) is 0 Å².